The normalized spacial score (nSPS) is 29.7. The van der Waals surface area contributed by atoms with Crippen LogP contribution in [0.15, 0.2) is 18.2 Å². The molecule has 3 N–H and O–H groups in total. The van der Waals surface area contributed by atoms with E-state index in [-0.39, 0.29) is 30.2 Å². The summed E-state index contributed by atoms with van der Waals surface area (Å²) in [6, 6.07) is 5.34. The van der Waals surface area contributed by atoms with Gasteiger partial charge < -0.3 is 25.4 Å². The molecular formula is C17H24FN3O3. The van der Waals surface area contributed by atoms with Gasteiger partial charge in [-0.3, -0.25) is 0 Å². The number of nitrogens with two attached hydrogens (primary N) is 1. The van der Waals surface area contributed by atoms with E-state index in [2.05, 4.69) is 10.2 Å². The number of hydrogen-bond acceptors (Lipinski definition) is 5. The molecule has 2 aliphatic rings. The molecule has 2 atom stereocenters. The molecular weight excluding hydrogens is 313 g/mol. The standard InChI is InChI=1S/C17H24FN3O3/c1-10-8-21(9-11(2)23-10)13-3-4-16(15(18)7-13)20-12-5-14(6-12)24-17(19)22/h3-4,7,10-12,14,20H,5-6,8-9H2,1-2H3,(H2,19,22). The summed E-state index contributed by atoms with van der Waals surface area (Å²) in [4.78, 5) is 12.8. The molecule has 24 heavy (non-hydrogen) atoms. The number of halogens is 1. The van der Waals surface area contributed by atoms with Crippen molar-refractivity contribution >= 4 is 17.5 Å². The Labute approximate surface area is 141 Å². The number of nitrogens with one attached hydrogen (secondary N) is 1. The van der Waals surface area contributed by atoms with Gasteiger partial charge in [0.05, 0.1) is 17.9 Å². The first-order valence-electron chi connectivity index (χ1n) is 8.33. The first-order valence-corrected chi connectivity index (χ1v) is 8.33. The fraction of sp³-hybridized carbons (Fsp3) is 0.588. The van der Waals surface area contributed by atoms with Gasteiger partial charge in [-0.15, -0.1) is 0 Å². The van der Waals surface area contributed by atoms with Crippen molar-refractivity contribution in [3.63, 3.8) is 0 Å². The van der Waals surface area contributed by atoms with E-state index < -0.39 is 6.09 Å². The Morgan fingerprint density at radius 2 is 2.00 bits per heavy atom. The van der Waals surface area contributed by atoms with Gasteiger partial charge in [0.1, 0.15) is 11.9 Å². The molecule has 0 spiro atoms. The lowest BCUT2D eigenvalue weighted by Gasteiger charge is -2.37. The molecule has 1 aromatic rings. The molecule has 2 fully saturated rings. The first kappa shape index (κ1) is 16.8. The van der Waals surface area contributed by atoms with Gasteiger partial charge in [-0.2, -0.15) is 0 Å². The molecule has 1 aromatic carbocycles. The number of morpholine rings is 1. The van der Waals surface area contributed by atoms with E-state index in [4.69, 9.17) is 15.2 Å². The van der Waals surface area contributed by atoms with Crippen LogP contribution in [-0.2, 0) is 9.47 Å². The van der Waals surface area contributed by atoms with E-state index in [0.717, 1.165) is 18.8 Å². The maximum absolute atomic E-state index is 14.4. The van der Waals surface area contributed by atoms with Gasteiger partial charge in [-0.1, -0.05) is 0 Å². The largest absolute Gasteiger partial charge is 0.446 e. The third-order valence-electron chi connectivity index (χ3n) is 4.47. The highest BCUT2D eigenvalue weighted by Gasteiger charge is 2.32. The highest BCUT2D eigenvalue weighted by atomic mass is 19.1. The van der Waals surface area contributed by atoms with Gasteiger partial charge in [-0.05, 0) is 32.0 Å². The number of rotatable bonds is 4. The fourth-order valence-corrected chi connectivity index (χ4v) is 3.37. The molecule has 132 valence electrons. The summed E-state index contributed by atoms with van der Waals surface area (Å²) in [6.45, 7) is 5.56. The summed E-state index contributed by atoms with van der Waals surface area (Å²) in [5, 5.41) is 3.15. The Hall–Kier alpha value is -2.02. The minimum atomic E-state index is -0.761. The molecule has 0 radical (unpaired) electrons. The Morgan fingerprint density at radius 1 is 1.33 bits per heavy atom. The molecule has 3 rings (SSSR count). The third kappa shape index (κ3) is 3.90. The fourth-order valence-electron chi connectivity index (χ4n) is 3.37. The van der Waals surface area contributed by atoms with Gasteiger partial charge in [0, 0.05) is 37.7 Å². The molecule has 1 heterocycles. The molecule has 0 aromatic heterocycles. The molecule has 1 saturated heterocycles. The molecule has 1 amide bonds. The second kappa shape index (κ2) is 6.84. The molecule has 2 unspecified atom stereocenters. The van der Waals surface area contributed by atoms with E-state index in [1.807, 2.05) is 19.9 Å². The number of hydrogen-bond donors (Lipinski definition) is 2. The number of anilines is 2. The second-order valence-electron chi connectivity index (χ2n) is 6.70. The predicted octanol–water partition coefficient (Wildman–Crippen LogP) is 2.48. The van der Waals surface area contributed by atoms with E-state index >= 15 is 0 Å². The SMILES string of the molecule is CC1CN(c2ccc(NC3CC(OC(N)=O)C3)c(F)c2)CC(C)O1. The van der Waals surface area contributed by atoms with Crippen LogP contribution in [-0.4, -0.2) is 43.5 Å². The van der Waals surface area contributed by atoms with Crippen LogP contribution in [0.1, 0.15) is 26.7 Å². The molecule has 0 bridgehead atoms. The summed E-state index contributed by atoms with van der Waals surface area (Å²) in [6.07, 6.45) is 0.616. The van der Waals surface area contributed by atoms with Crippen molar-refractivity contribution in [2.24, 2.45) is 5.73 Å². The van der Waals surface area contributed by atoms with Gasteiger partial charge in [-0.25, -0.2) is 9.18 Å². The van der Waals surface area contributed by atoms with Crippen LogP contribution in [0.2, 0.25) is 0 Å². The minimum Gasteiger partial charge on any atom is -0.446 e. The van der Waals surface area contributed by atoms with Crippen molar-refractivity contribution < 1.29 is 18.7 Å². The molecule has 1 aliphatic carbocycles. The highest BCUT2D eigenvalue weighted by Crippen LogP contribution is 2.30. The average Bonchev–Trinajstić information content (AvgIpc) is 2.45. The second-order valence-corrected chi connectivity index (χ2v) is 6.70. The zero-order valence-corrected chi connectivity index (χ0v) is 14.0. The van der Waals surface area contributed by atoms with Crippen LogP contribution in [0.25, 0.3) is 0 Å². The molecule has 1 aliphatic heterocycles. The number of ether oxygens (including phenoxy) is 2. The van der Waals surface area contributed by atoms with E-state index in [1.165, 1.54) is 0 Å². The van der Waals surface area contributed by atoms with Crippen molar-refractivity contribution in [3.8, 4) is 0 Å². The van der Waals surface area contributed by atoms with Crippen molar-refractivity contribution in [1.29, 1.82) is 0 Å². The highest BCUT2D eigenvalue weighted by molar-refractivity contribution is 5.65. The van der Waals surface area contributed by atoms with Crippen molar-refractivity contribution in [2.45, 2.75) is 51.0 Å². The van der Waals surface area contributed by atoms with Crippen LogP contribution >= 0.6 is 0 Å². The molecule has 6 nitrogen and oxygen atoms in total. The lowest BCUT2D eigenvalue weighted by Crippen LogP contribution is -2.45. The minimum absolute atomic E-state index is 0.0955. The van der Waals surface area contributed by atoms with Crippen molar-refractivity contribution in [3.05, 3.63) is 24.0 Å². The van der Waals surface area contributed by atoms with E-state index in [1.54, 1.807) is 12.1 Å². The van der Waals surface area contributed by atoms with Gasteiger partial charge in [0.25, 0.3) is 0 Å². The van der Waals surface area contributed by atoms with Crippen LogP contribution in [0, 0.1) is 5.82 Å². The summed E-state index contributed by atoms with van der Waals surface area (Å²) >= 11 is 0. The number of benzene rings is 1. The van der Waals surface area contributed by atoms with Gasteiger partial charge in [0.15, 0.2) is 0 Å². The Morgan fingerprint density at radius 3 is 2.58 bits per heavy atom. The molecule has 7 heteroatoms. The summed E-state index contributed by atoms with van der Waals surface area (Å²) in [5.41, 5.74) is 6.31. The Bertz CT molecular complexity index is 597. The monoisotopic (exact) mass is 337 g/mol. The van der Waals surface area contributed by atoms with Crippen LogP contribution < -0.4 is 16.0 Å². The van der Waals surface area contributed by atoms with Crippen LogP contribution in [0.3, 0.4) is 0 Å². The molecule has 1 saturated carbocycles. The van der Waals surface area contributed by atoms with Crippen molar-refractivity contribution in [2.75, 3.05) is 23.3 Å². The van der Waals surface area contributed by atoms with E-state index in [9.17, 15) is 9.18 Å². The van der Waals surface area contributed by atoms with Crippen LogP contribution in [0.5, 0.6) is 0 Å². The lowest BCUT2D eigenvalue weighted by molar-refractivity contribution is -0.00523. The summed E-state index contributed by atoms with van der Waals surface area (Å²) < 4.78 is 25.0. The Balaban J connectivity index is 1.58. The quantitative estimate of drug-likeness (QED) is 0.883. The smallest absolute Gasteiger partial charge is 0.404 e. The average molecular weight is 337 g/mol. The number of amides is 1. The third-order valence-corrected chi connectivity index (χ3v) is 4.47. The topological polar surface area (TPSA) is 76.8 Å². The number of carbonyl (C=O) groups excluding carboxylic acids is 1. The number of nitrogens with zero attached hydrogens (tertiary/aromatic N) is 1. The zero-order valence-electron chi connectivity index (χ0n) is 14.0. The van der Waals surface area contributed by atoms with Gasteiger partial charge >= 0.3 is 6.09 Å². The van der Waals surface area contributed by atoms with E-state index in [0.29, 0.717) is 18.5 Å². The van der Waals surface area contributed by atoms with Gasteiger partial charge in [0.2, 0.25) is 0 Å². The number of carbonyl (C=O) groups is 1. The number of primary amides is 1. The maximum Gasteiger partial charge on any atom is 0.404 e. The van der Waals surface area contributed by atoms with Crippen LogP contribution in [0.4, 0.5) is 20.6 Å². The summed E-state index contributed by atoms with van der Waals surface area (Å²) in [5.74, 6) is -0.279. The first-order chi connectivity index (χ1) is 11.4. The van der Waals surface area contributed by atoms with Crippen molar-refractivity contribution in [1.82, 2.24) is 0 Å². The zero-order chi connectivity index (χ0) is 17.3. The maximum atomic E-state index is 14.4. The Kier molecular flexibility index (Phi) is 4.80. The predicted molar refractivity (Wildman–Crippen MR) is 89.7 cm³/mol. The lowest BCUT2D eigenvalue weighted by atomic mass is 9.89. The summed E-state index contributed by atoms with van der Waals surface area (Å²) in [7, 11) is 0.